The molecule has 2 aromatic rings. The van der Waals surface area contributed by atoms with Crippen LogP contribution in [-0.4, -0.2) is 31.5 Å². The zero-order valence-corrected chi connectivity index (χ0v) is 14.7. The minimum atomic E-state index is -4.23. The highest BCUT2D eigenvalue weighted by atomic mass is 32.2. The van der Waals surface area contributed by atoms with Crippen LogP contribution >= 0.6 is 0 Å². The van der Waals surface area contributed by atoms with Gasteiger partial charge in [0, 0.05) is 6.07 Å². The van der Waals surface area contributed by atoms with E-state index in [1.165, 1.54) is 12.1 Å². The van der Waals surface area contributed by atoms with Crippen molar-refractivity contribution in [2.45, 2.75) is 11.8 Å². The number of nitro benzene ring substituents is 2. The fourth-order valence-electron chi connectivity index (χ4n) is 2.51. The summed E-state index contributed by atoms with van der Waals surface area (Å²) < 4.78 is 37.5. The number of nitrogens with one attached hydrogen (secondary N) is 1. The number of aryl methyl sites for hydroxylation is 1. The summed E-state index contributed by atoms with van der Waals surface area (Å²) >= 11 is 0. The Hall–Kier alpha value is -3.41. The van der Waals surface area contributed by atoms with Crippen LogP contribution in [0.3, 0.4) is 0 Å². The quantitative estimate of drug-likeness (QED) is 0.598. The average Bonchev–Trinajstić information content (AvgIpc) is 2.60. The van der Waals surface area contributed by atoms with Gasteiger partial charge in [0.2, 0.25) is 5.75 Å². The van der Waals surface area contributed by atoms with Gasteiger partial charge in [-0.05, 0) is 19.1 Å². The van der Waals surface area contributed by atoms with Crippen molar-refractivity contribution in [2.24, 2.45) is 0 Å². The molecule has 0 radical (unpaired) electrons. The Morgan fingerprint density at radius 1 is 1.00 bits per heavy atom. The zero-order valence-electron chi connectivity index (χ0n) is 13.9. The Balaban J connectivity index is 2.17. The van der Waals surface area contributed by atoms with Crippen LogP contribution in [-0.2, 0) is 10.0 Å². The van der Waals surface area contributed by atoms with E-state index in [0.29, 0.717) is 0 Å². The van der Waals surface area contributed by atoms with E-state index < -0.39 is 42.7 Å². The normalized spacial score (nSPS) is 13.1. The molecule has 3 rings (SSSR count). The van der Waals surface area contributed by atoms with Gasteiger partial charge in [-0.2, -0.15) is 0 Å². The standard InChI is InChI=1S/C15H13N3O8S/c1-9-2-4-10(5-3-9)27(23,24)16-11-8-12-15(26-7-6-25-12)14(18(21)22)13(11)17(19)20/h2-5,8,16H,6-7H2,1H3. The van der Waals surface area contributed by atoms with Crippen LogP contribution in [0.15, 0.2) is 35.2 Å². The molecule has 0 aromatic heterocycles. The third kappa shape index (κ3) is 3.46. The number of ether oxygens (including phenoxy) is 2. The molecule has 1 aliphatic heterocycles. The number of nitro groups is 2. The molecular weight excluding hydrogens is 382 g/mol. The van der Waals surface area contributed by atoms with Gasteiger partial charge in [-0.15, -0.1) is 0 Å². The van der Waals surface area contributed by atoms with Crippen LogP contribution in [0, 0.1) is 27.2 Å². The SMILES string of the molecule is Cc1ccc(S(=O)(=O)Nc2cc3c(c([N+](=O)[O-])c2[N+](=O)[O-])OCCO3)cc1. The maximum absolute atomic E-state index is 12.6. The topological polar surface area (TPSA) is 151 Å². The number of nitrogens with zero attached hydrogens (tertiary/aromatic N) is 2. The monoisotopic (exact) mass is 395 g/mol. The molecule has 0 atom stereocenters. The molecule has 0 fully saturated rings. The van der Waals surface area contributed by atoms with E-state index in [2.05, 4.69) is 0 Å². The Labute approximate surface area is 152 Å². The van der Waals surface area contributed by atoms with E-state index >= 15 is 0 Å². The summed E-state index contributed by atoms with van der Waals surface area (Å²) in [6.07, 6.45) is 0. The molecule has 1 N–H and O–H groups in total. The number of fused-ring (bicyclic) bond motifs is 1. The smallest absolute Gasteiger partial charge is 0.393 e. The van der Waals surface area contributed by atoms with E-state index in [0.717, 1.165) is 11.6 Å². The molecule has 12 heteroatoms. The maximum atomic E-state index is 12.6. The first-order chi connectivity index (χ1) is 12.7. The average molecular weight is 395 g/mol. The highest BCUT2D eigenvalue weighted by Gasteiger charge is 2.39. The number of rotatable bonds is 5. The summed E-state index contributed by atoms with van der Waals surface area (Å²) in [6, 6.07) is 6.74. The fraction of sp³-hybridized carbons (Fsp3) is 0.200. The summed E-state index contributed by atoms with van der Waals surface area (Å²) in [6.45, 7) is 1.80. The van der Waals surface area contributed by atoms with Gasteiger partial charge in [-0.3, -0.25) is 25.0 Å². The zero-order chi connectivity index (χ0) is 19.8. The first kappa shape index (κ1) is 18.4. The second-order valence-corrected chi connectivity index (χ2v) is 7.26. The molecule has 0 unspecified atom stereocenters. The maximum Gasteiger partial charge on any atom is 0.393 e. The number of anilines is 1. The summed E-state index contributed by atoms with van der Waals surface area (Å²) in [5.41, 5.74) is -1.77. The van der Waals surface area contributed by atoms with E-state index in [9.17, 15) is 28.6 Å². The van der Waals surface area contributed by atoms with Gasteiger partial charge in [0.05, 0.1) is 14.7 Å². The highest BCUT2D eigenvalue weighted by molar-refractivity contribution is 7.92. The minimum absolute atomic E-state index is 0.0283. The van der Waals surface area contributed by atoms with Gasteiger partial charge < -0.3 is 9.47 Å². The third-order valence-corrected chi connectivity index (χ3v) is 5.10. The molecule has 1 heterocycles. The molecule has 2 aromatic carbocycles. The van der Waals surface area contributed by atoms with Crippen LogP contribution < -0.4 is 14.2 Å². The lowest BCUT2D eigenvalue weighted by Crippen LogP contribution is -2.19. The molecule has 0 bridgehead atoms. The van der Waals surface area contributed by atoms with Crippen molar-refractivity contribution in [3.05, 3.63) is 56.1 Å². The molecule has 0 spiro atoms. The largest absolute Gasteiger partial charge is 0.486 e. The molecule has 0 saturated carbocycles. The number of benzene rings is 2. The lowest BCUT2D eigenvalue weighted by atomic mass is 10.2. The van der Waals surface area contributed by atoms with Crippen molar-refractivity contribution >= 4 is 27.1 Å². The first-order valence-electron chi connectivity index (χ1n) is 7.55. The van der Waals surface area contributed by atoms with Crippen LogP contribution in [0.1, 0.15) is 5.56 Å². The Kier molecular flexibility index (Phi) is 4.57. The van der Waals surface area contributed by atoms with Crippen molar-refractivity contribution in [2.75, 3.05) is 17.9 Å². The second kappa shape index (κ2) is 6.72. The van der Waals surface area contributed by atoms with Crippen molar-refractivity contribution in [3.63, 3.8) is 0 Å². The van der Waals surface area contributed by atoms with E-state index in [1.54, 1.807) is 19.1 Å². The lowest BCUT2D eigenvalue weighted by Gasteiger charge is -2.19. The van der Waals surface area contributed by atoms with Gasteiger partial charge >= 0.3 is 11.4 Å². The molecule has 27 heavy (non-hydrogen) atoms. The van der Waals surface area contributed by atoms with Crippen LogP contribution in [0.4, 0.5) is 17.1 Å². The second-order valence-electron chi connectivity index (χ2n) is 5.58. The van der Waals surface area contributed by atoms with Gasteiger partial charge in [0.15, 0.2) is 5.75 Å². The molecule has 142 valence electrons. The fourth-order valence-corrected chi connectivity index (χ4v) is 3.57. The summed E-state index contributed by atoms with van der Waals surface area (Å²) in [5, 5.41) is 22.9. The van der Waals surface area contributed by atoms with Gasteiger partial charge in [0.25, 0.3) is 10.0 Å². The van der Waals surface area contributed by atoms with Crippen LogP contribution in [0.25, 0.3) is 0 Å². The molecular formula is C15H13N3O8S. The molecule has 0 aliphatic carbocycles. The summed E-state index contributed by atoms with van der Waals surface area (Å²) in [5.74, 6) is -0.559. The number of sulfonamides is 1. The Morgan fingerprint density at radius 2 is 1.59 bits per heavy atom. The van der Waals surface area contributed by atoms with Gasteiger partial charge in [-0.25, -0.2) is 8.42 Å². The van der Waals surface area contributed by atoms with E-state index in [-0.39, 0.29) is 23.9 Å². The highest BCUT2D eigenvalue weighted by Crippen LogP contribution is 2.49. The van der Waals surface area contributed by atoms with Gasteiger partial charge in [-0.1, -0.05) is 17.7 Å². The molecule has 1 aliphatic rings. The van der Waals surface area contributed by atoms with Crippen molar-refractivity contribution < 1.29 is 27.7 Å². The Bertz CT molecular complexity index is 1030. The van der Waals surface area contributed by atoms with Crippen LogP contribution in [0.5, 0.6) is 11.5 Å². The predicted molar refractivity (Wildman–Crippen MR) is 92.7 cm³/mol. The van der Waals surface area contributed by atoms with Crippen molar-refractivity contribution in [1.29, 1.82) is 0 Å². The number of hydrogen-bond donors (Lipinski definition) is 1. The minimum Gasteiger partial charge on any atom is -0.486 e. The van der Waals surface area contributed by atoms with E-state index in [1.807, 2.05) is 4.72 Å². The van der Waals surface area contributed by atoms with Crippen molar-refractivity contribution in [1.82, 2.24) is 0 Å². The van der Waals surface area contributed by atoms with Crippen LogP contribution in [0.2, 0.25) is 0 Å². The van der Waals surface area contributed by atoms with Crippen molar-refractivity contribution in [3.8, 4) is 11.5 Å². The van der Waals surface area contributed by atoms with Gasteiger partial charge in [0.1, 0.15) is 18.9 Å². The lowest BCUT2D eigenvalue weighted by molar-refractivity contribution is -0.422. The summed E-state index contributed by atoms with van der Waals surface area (Å²) in [7, 11) is -4.23. The Morgan fingerprint density at radius 3 is 2.19 bits per heavy atom. The summed E-state index contributed by atoms with van der Waals surface area (Å²) in [4.78, 5) is 20.7. The molecule has 0 amide bonds. The first-order valence-corrected chi connectivity index (χ1v) is 9.04. The van der Waals surface area contributed by atoms with E-state index in [4.69, 9.17) is 9.47 Å². The third-order valence-electron chi connectivity index (χ3n) is 3.72. The molecule has 0 saturated heterocycles. The molecule has 11 nitrogen and oxygen atoms in total. The number of hydrogen-bond acceptors (Lipinski definition) is 8. The predicted octanol–water partition coefficient (Wildman–Crippen LogP) is 2.38.